The van der Waals surface area contributed by atoms with Crippen molar-refractivity contribution in [2.45, 2.75) is 58.3 Å². The summed E-state index contributed by atoms with van der Waals surface area (Å²) in [7, 11) is 0. The van der Waals surface area contributed by atoms with Gasteiger partial charge in [0, 0.05) is 61.9 Å². The molecule has 0 N–H and O–H groups in total. The maximum atomic E-state index is 13.9. The Labute approximate surface area is 270 Å². The van der Waals surface area contributed by atoms with E-state index in [1.807, 2.05) is 0 Å². The van der Waals surface area contributed by atoms with Crippen LogP contribution in [0.4, 0.5) is 15.9 Å². The molecule has 1 aromatic heterocycles. The van der Waals surface area contributed by atoms with E-state index in [4.69, 9.17) is 19.4 Å². The molecule has 0 radical (unpaired) electrons. The van der Waals surface area contributed by atoms with Crippen LogP contribution in [0.3, 0.4) is 0 Å². The summed E-state index contributed by atoms with van der Waals surface area (Å²) >= 11 is 0. The third kappa shape index (κ3) is 6.50. The smallest absolute Gasteiger partial charge is 0.318 e. The fraction of sp³-hybridized carbons (Fsp3) is 0.486. The van der Waals surface area contributed by atoms with E-state index in [-0.39, 0.29) is 25.1 Å². The minimum Gasteiger partial charge on any atom is -0.461 e. The predicted molar refractivity (Wildman–Crippen MR) is 176 cm³/mol. The third-order valence-electron chi connectivity index (χ3n) is 9.36. The van der Waals surface area contributed by atoms with Crippen LogP contribution in [-0.4, -0.2) is 96.3 Å². The highest BCUT2D eigenvalue weighted by Crippen LogP contribution is 2.36. The number of carbonyl (C=O) groups is 1. The number of ether oxygens (including phenoxy) is 2. The first kappa shape index (κ1) is 31.7. The summed E-state index contributed by atoms with van der Waals surface area (Å²) in [6.07, 6.45) is 0.690. The molecule has 2 aromatic carbocycles. The van der Waals surface area contributed by atoms with Gasteiger partial charge in [0.05, 0.1) is 37.4 Å². The Balaban J connectivity index is 1.32. The largest absolute Gasteiger partial charge is 0.461 e. The number of anilines is 2. The average Bonchev–Trinajstić information content (AvgIpc) is 3.06. The summed E-state index contributed by atoms with van der Waals surface area (Å²) in [6, 6.07) is 15.1. The highest BCUT2D eigenvalue weighted by molar-refractivity contribution is 5.97. The molecular weight excluding hydrogens is 585 g/mol. The topological polar surface area (TPSA) is 98.1 Å². The number of aryl methyl sites for hydroxylation is 1. The third-order valence-corrected chi connectivity index (χ3v) is 9.36. The van der Waals surface area contributed by atoms with Crippen molar-refractivity contribution in [1.82, 2.24) is 19.8 Å². The summed E-state index contributed by atoms with van der Waals surface area (Å²) in [4.78, 5) is 30.7. The number of hydrogen-bond donors (Lipinski definition) is 0. The van der Waals surface area contributed by atoms with Gasteiger partial charge in [0.1, 0.15) is 18.5 Å². The maximum absolute atomic E-state index is 13.9. The Hall–Kier alpha value is -4.27. The second-order valence-corrected chi connectivity index (χ2v) is 12.6. The van der Waals surface area contributed by atoms with Crippen molar-refractivity contribution in [3.63, 3.8) is 0 Å². The minimum absolute atomic E-state index is 0.0751. The van der Waals surface area contributed by atoms with E-state index in [2.05, 4.69) is 84.5 Å². The first-order valence-electron chi connectivity index (χ1n) is 16.1. The molecule has 10 nitrogen and oxygen atoms in total. The first-order valence-corrected chi connectivity index (χ1v) is 16.1. The van der Waals surface area contributed by atoms with Crippen LogP contribution in [0, 0.1) is 18.3 Å². The van der Waals surface area contributed by atoms with Crippen LogP contribution in [0.15, 0.2) is 48.8 Å². The second kappa shape index (κ2) is 13.6. The molecule has 3 aromatic rings. The zero-order chi connectivity index (χ0) is 32.4. The van der Waals surface area contributed by atoms with Crippen molar-refractivity contribution in [3.05, 3.63) is 65.6 Å². The number of morpholine rings is 1. The van der Waals surface area contributed by atoms with Crippen LogP contribution in [0.2, 0.25) is 0 Å². The molecule has 2 atom stereocenters. The molecule has 6 rings (SSSR count). The number of nitrogens with zero attached hydrogens (tertiary/aromatic N) is 7. The molecule has 3 aliphatic heterocycles. The lowest BCUT2D eigenvalue weighted by atomic mass is 9.99. The quantitative estimate of drug-likeness (QED) is 0.337. The standard InChI is InChI=1S/C35H42FN7O3/c1-23(2)40-17-18-45-28(20-40)22-46-35-38-30-21-41(31-10-6-9-26-8-5-7-24(3)32(26)31)14-12-29(30)33(39-35)42-15-16-43(34(44)25(4)36)27(19-42)11-13-37/h5-10,23,27-28H,4,11-12,14-22H2,1-3H3/t27-,28?/m0/s1. The molecule has 0 bridgehead atoms. The minimum atomic E-state index is -1.02. The van der Waals surface area contributed by atoms with Gasteiger partial charge in [-0.2, -0.15) is 15.2 Å². The van der Waals surface area contributed by atoms with Gasteiger partial charge in [-0.05, 0) is 44.2 Å². The van der Waals surface area contributed by atoms with E-state index < -0.39 is 17.8 Å². The molecule has 3 aliphatic rings. The first-order chi connectivity index (χ1) is 22.2. The lowest BCUT2D eigenvalue weighted by molar-refractivity contribution is -0.131. The zero-order valence-electron chi connectivity index (χ0n) is 26.9. The number of carbonyl (C=O) groups excluding carboxylic acids is 1. The maximum Gasteiger partial charge on any atom is 0.318 e. The van der Waals surface area contributed by atoms with Crippen molar-refractivity contribution < 1.29 is 18.7 Å². The summed E-state index contributed by atoms with van der Waals surface area (Å²) in [6.45, 7) is 14.7. The van der Waals surface area contributed by atoms with Crippen LogP contribution in [0.5, 0.6) is 6.01 Å². The number of piperazine rings is 1. The number of hydrogen-bond acceptors (Lipinski definition) is 9. The number of amides is 1. The van der Waals surface area contributed by atoms with Gasteiger partial charge in [-0.25, -0.2) is 4.39 Å². The Morgan fingerprint density at radius 3 is 2.70 bits per heavy atom. The number of halogens is 1. The summed E-state index contributed by atoms with van der Waals surface area (Å²) in [5.41, 5.74) is 4.31. The SMILES string of the molecule is C=C(F)C(=O)N1CCN(c2nc(OCC3CN(C(C)C)CCO3)nc3c2CCN(c2cccc4cccc(C)c24)C3)C[C@@H]1CC#N. The van der Waals surface area contributed by atoms with Gasteiger partial charge in [-0.1, -0.05) is 36.9 Å². The normalized spacial score (nSPS) is 20.5. The lowest BCUT2D eigenvalue weighted by Gasteiger charge is -2.42. The molecule has 1 unspecified atom stereocenters. The fourth-order valence-corrected chi connectivity index (χ4v) is 6.92. The lowest BCUT2D eigenvalue weighted by Crippen LogP contribution is -2.55. The van der Waals surface area contributed by atoms with E-state index in [1.165, 1.54) is 26.9 Å². The van der Waals surface area contributed by atoms with Gasteiger partial charge >= 0.3 is 6.01 Å². The highest BCUT2D eigenvalue weighted by Gasteiger charge is 2.35. The molecule has 242 valence electrons. The van der Waals surface area contributed by atoms with Gasteiger partial charge in [-0.3, -0.25) is 9.69 Å². The van der Waals surface area contributed by atoms with Crippen LogP contribution in [-0.2, 0) is 22.5 Å². The molecule has 0 aliphatic carbocycles. The molecular formula is C35H42FN7O3. The van der Waals surface area contributed by atoms with Crippen LogP contribution in [0.1, 0.15) is 37.1 Å². The number of aromatic nitrogens is 2. The van der Waals surface area contributed by atoms with Gasteiger partial charge in [0.15, 0.2) is 5.83 Å². The van der Waals surface area contributed by atoms with Crippen LogP contribution in [0.25, 0.3) is 10.8 Å². The highest BCUT2D eigenvalue weighted by atomic mass is 19.1. The van der Waals surface area contributed by atoms with Crippen molar-refractivity contribution >= 4 is 28.2 Å². The summed E-state index contributed by atoms with van der Waals surface area (Å²) in [5.74, 6) is -1.04. The van der Waals surface area contributed by atoms with E-state index >= 15 is 0 Å². The second-order valence-electron chi connectivity index (χ2n) is 12.6. The van der Waals surface area contributed by atoms with Crippen LogP contribution < -0.4 is 14.5 Å². The van der Waals surface area contributed by atoms with Gasteiger partial charge in [-0.15, -0.1) is 0 Å². The molecule has 4 heterocycles. The average molecular weight is 628 g/mol. The molecule has 11 heteroatoms. The van der Waals surface area contributed by atoms with E-state index in [9.17, 15) is 14.4 Å². The van der Waals surface area contributed by atoms with Crippen molar-refractivity contribution in [3.8, 4) is 12.1 Å². The molecule has 46 heavy (non-hydrogen) atoms. The molecule has 0 saturated carbocycles. The van der Waals surface area contributed by atoms with Gasteiger partial charge in [0.25, 0.3) is 5.91 Å². The van der Waals surface area contributed by atoms with Gasteiger partial charge in [0.2, 0.25) is 0 Å². The zero-order valence-corrected chi connectivity index (χ0v) is 26.9. The van der Waals surface area contributed by atoms with E-state index in [1.54, 1.807) is 0 Å². The van der Waals surface area contributed by atoms with E-state index in [0.717, 1.165) is 36.7 Å². The number of benzene rings is 2. The Morgan fingerprint density at radius 1 is 1.13 bits per heavy atom. The fourth-order valence-electron chi connectivity index (χ4n) is 6.92. The number of rotatable bonds is 8. The Morgan fingerprint density at radius 2 is 1.93 bits per heavy atom. The number of fused-ring (bicyclic) bond motifs is 2. The molecule has 0 spiro atoms. The van der Waals surface area contributed by atoms with Crippen molar-refractivity contribution in [2.75, 3.05) is 62.3 Å². The molecule has 2 saturated heterocycles. The number of nitriles is 1. The molecule has 1 amide bonds. The van der Waals surface area contributed by atoms with E-state index in [0.29, 0.717) is 45.3 Å². The summed E-state index contributed by atoms with van der Waals surface area (Å²) < 4.78 is 26.1. The van der Waals surface area contributed by atoms with Crippen LogP contribution >= 0.6 is 0 Å². The van der Waals surface area contributed by atoms with Crippen molar-refractivity contribution in [1.29, 1.82) is 5.26 Å². The Bertz CT molecular complexity index is 1650. The van der Waals surface area contributed by atoms with Gasteiger partial charge < -0.3 is 24.2 Å². The monoisotopic (exact) mass is 627 g/mol. The predicted octanol–water partition coefficient (Wildman–Crippen LogP) is 4.40. The van der Waals surface area contributed by atoms with Crippen molar-refractivity contribution in [2.24, 2.45) is 0 Å². The Kier molecular flexibility index (Phi) is 9.38. The molecule has 2 fully saturated rings. The summed E-state index contributed by atoms with van der Waals surface area (Å²) in [5, 5.41) is 12.0.